The molecule has 16 heavy (non-hydrogen) atoms. The molecule has 0 fully saturated rings. The molecule has 0 saturated carbocycles. The summed E-state index contributed by atoms with van der Waals surface area (Å²) in [6, 6.07) is 1.41. The van der Waals surface area contributed by atoms with Crippen LogP contribution in [0.5, 0.6) is 0 Å². The first-order valence-electron chi connectivity index (χ1n) is 4.83. The van der Waals surface area contributed by atoms with Crippen LogP contribution in [0.2, 0.25) is 0 Å². The normalized spacial score (nSPS) is 16.1. The Morgan fingerprint density at radius 3 is 2.44 bits per heavy atom. The molecule has 0 spiro atoms. The van der Waals surface area contributed by atoms with Crippen molar-refractivity contribution >= 4 is 5.78 Å². The van der Waals surface area contributed by atoms with Crippen LogP contribution in [0.1, 0.15) is 34.3 Å². The number of Topliss-reactive ketones (excluding diaryl/α,β-unsaturated/α-hetero) is 1. The molecule has 1 aliphatic carbocycles. The summed E-state index contributed by atoms with van der Waals surface area (Å²) in [6.07, 6.45) is -3.97. The number of rotatable bonds is 0. The number of hydrogen-bond donors (Lipinski definition) is 0. The van der Waals surface area contributed by atoms with E-state index in [1.54, 1.807) is 0 Å². The highest BCUT2D eigenvalue weighted by molar-refractivity contribution is 5.99. The first kappa shape index (κ1) is 11.1. The Kier molecular flexibility index (Phi) is 2.48. The molecule has 1 aliphatic rings. The lowest BCUT2D eigenvalue weighted by atomic mass is 9.87. The zero-order valence-corrected chi connectivity index (χ0v) is 8.20. The molecule has 1 aromatic carbocycles. The molecule has 1 aromatic rings. The fourth-order valence-electron chi connectivity index (χ4n) is 2.00. The van der Waals surface area contributed by atoms with Crippen molar-refractivity contribution in [3.63, 3.8) is 0 Å². The van der Waals surface area contributed by atoms with Crippen molar-refractivity contribution in [3.05, 3.63) is 34.6 Å². The van der Waals surface area contributed by atoms with Gasteiger partial charge >= 0.3 is 6.18 Å². The zero-order chi connectivity index (χ0) is 11.9. The number of ketones is 1. The van der Waals surface area contributed by atoms with Crippen LogP contribution in [0.25, 0.3) is 0 Å². The molecule has 0 bridgehead atoms. The monoisotopic (exact) mass is 232 g/mol. The number of carbonyl (C=O) groups is 1. The standard InChI is InChI=1S/C11H8F4O/c12-8-5-4-7(11(13,14)15)6-2-1-3-9(16)10(6)8/h4-5H,1-3H2. The molecule has 1 nitrogen and oxygen atoms in total. The van der Waals surface area contributed by atoms with Crippen molar-refractivity contribution in [1.29, 1.82) is 0 Å². The summed E-state index contributed by atoms with van der Waals surface area (Å²) in [7, 11) is 0. The Labute approximate surface area is 89.1 Å². The average Bonchev–Trinajstić information content (AvgIpc) is 2.16. The molecule has 0 aliphatic heterocycles. The van der Waals surface area contributed by atoms with Gasteiger partial charge in [0.15, 0.2) is 5.78 Å². The quantitative estimate of drug-likeness (QED) is 0.627. The minimum atomic E-state index is -4.53. The lowest BCUT2D eigenvalue weighted by Gasteiger charge is -2.20. The topological polar surface area (TPSA) is 17.1 Å². The smallest absolute Gasteiger partial charge is 0.294 e. The molecule has 0 aromatic heterocycles. The summed E-state index contributed by atoms with van der Waals surface area (Å²) in [5.74, 6) is -1.39. The van der Waals surface area contributed by atoms with Crippen LogP contribution < -0.4 is 0 Å². The fourth-order valence-corrected chi connectivity index (χ4v) is 2.00. The molecule has 86 valence electrons. The number of halogens is 4. The third-order valence-electron chi connectivity index (χ3n) is 2.68. The van der Waals surface area contributed by atoms with Crippen LogP contribution in [-0.4, -0.2) is 5.78 Å². The zero-order valence-electron chi connectivity index (χ0n) is 8.20. The second-order valence-electron chi connectivity index (χ2n) is 3.72. The van der Waals surface area contributed by atoms with E-state index in [1.165, 1.54) is 0 Å². The summed E-state index contributed by atoms with van der Waals surface area (Å²) in [4.78, 5) is 11.4. The minimum absolute atomic E-state index is 0.105. The number of fused-ring (bicyclic) bond motifs is 1. The summed E-state index contributed by atoms with van der Waals surface area (Å²) in [5.41, 5.74) is -1.46. The van der Waals surface area contributed by atoms with Crippen molar-refractivity contribution in [3.8, 4) is 0 Å². The van der Waals surface area contributed by atoms with Crippen molar-refractivity contribution in [2.75, 3.05) is 0 Å². The Morgan fingerprint density at radius 1 is 1.12 bits per heavy atom. The van der Waals surface area contributed by atoms with Gasteiger partial charge in [0.25, 0.3) is 0 Å². The Bertz CT molecular complexity index is 448. The molecule has 0 heterocycles. The lowest BCUT2D eigenvalue weighted by molar-refractivity contribution is -0.138. The van der Waals surface area contributed by atoms with Gasteiger partial charge in [-0.05, 0) is 30.5 Å². The van der Waals surface area contributed by atoms with E-state index in [2.05, 4.69) is 0 Å². The molecule has 0 N–H and O–H groups in total. The number of benzene rings is 1. The van der Waals surface area contributed by atoms with Crippen LogP contribution >= 0.6 is 0 Å². The van der Waals surface area contributed by atoms with E-state index in [4.69, 9.17) is 0 Å². The van der Waals surface area contributed by atoms with E-state index in [9.17, 15) is 22.4 Å². The summed E-state index contributed by atoms with van der Waals surface area (Å²) in [5, 5.41) is 0. The van der Waals surface area contributed by atoms with Gasteiger partial charge in [0, 0.05) is 6.42 Å². The molecular formula is C11H8F4O. The van der Waals surface area contributed by atoms with Crippen LogP contribution in [0.3, 0.4) is 0 Å². The Morgan fingerprint density at radius 2 is 1.81 bits per heavy atom. The van der Waals surface area contributed by atoms with Gasteiger partial charge in [0.1, 0.15) is 5.82 Å². The van der Waals surface area contributed by atoms with E-state index in [0.29, 0.717) is 18.6 Å². The van der Waals surface area contributed by atoms with Crippen molar-refractivity contribution < 1.29 is 22.4 Å². The summed E-state index contributed by atoms with van der Waals surface area (Å²) < 4.78 is 51.1. The van der Waals surface area contributed by atoms with Crippen molar-refractivity contribution in [1.82, 2.24) is 0 Å². The third kappa shape index (κ3) is 1.70. The molecule has 0 saturated heterocycles. The second-order valence-corrected chi connectivity index (χ2v) is 3.72. The van der Waals surface area contributed by atoms with E-state index in [-0.39, 0.29) is 24.0 Å². The number of hydrogen-bond acceptors (Lipinski definition) is 1. The number of alkyl halides is 3. The molecule has 2 rings (SSSR count). The molecular weight excluding hydrogens is 224 g/mol. The molecule has 0 unspecified atom stereocenters. The van der Waals surface area contributed by atoms with Gasteiger partial charge in [-0.3, -0.25) is 4.79 Å². The van der Waals surface area contributed by atoms with E-state index in [0.717, 1.165) is 0 Å². The van der Waals surface area contributed by atoms with Gasteiger partial charge in [0.2, 0.25) is 0 Å². The minimum Gasteiger partial charge on any atom is -0.294 e. The maximum absolute atomic E-state index is 13.3. The van der Waals surface area contributed by atoms with Gasteiger partial charge in [-0.1, -0.05) is 0 Å². The van der Waals surface area contributed by atoms with Crippen molar-refractivity contribution in [2.45, 2.75) is 25.4 Å². The van der Waals surface area contributed by atoms with Gasteiger partial charge in [0.05, 0.1) is 11.1 Å². The van der Waals surface area contributed by atoms with E-state index in [1.807, 2.05) is 0 Å². The average molecular weight is 232 g/mol. The maximum Gasteiger partial charge on any atom is 0.416 e. The predicted molar refractivity (Wildman–Crippen MR) is 48.7 cm³/mol. The third-order valence-corrected chi connectivity index (χ3v) is 2.68. The highest BCUT2D eigenvalue weighted by Crippen LogP contribution is 2.37. The molecule has 0 radical (unpaired) electrons. The van der Waals surface area contributed by atoms with Crippen LogP contribution in [-0.2, 0) is 12.6 Å². The second kappa shape index (κ2) is 3.57. The fraction of sp³-hybridized carbons (Fsp3) is 0.364. The van der Waals surface area contributed by atoms with Crippen molar-refractivity contribution in [2.24, 2.45) is 0 Å². The molecule has 0 atom stereocenters. The summed E-state index contributed by atoms with van der Waals surface area (Å²) >= 11 is 0. The van der Waals surface area contributed by atoms with Gasteiger partial charge in [-0.15, -0.1) is 0 Å². The largest absolute Gasteiger partial charge is 0.416 e. The molecule has 5 heteroatoms. The van der Waals surface area contributed by atoms with Gasteiger partial charge < -0.3 is 0 Å². The van der Waals surface area contributed by atoms with Gasteiger partial charge in [-0.2, -0.15) is 13.2 Å². The first-order valence-corrected chi connectivity index (χ1v) is 4.83. The first-order chi connectivity index (χ1) is 7.41. The van der Waals surface area contributed by atoms with Crippen LogP contribution in [0.4, 0.5) is 17.6 Å². The van der Waals surface area contributed by atoms with E-state index >= 15 is 0 Å². The number of carbonyl (C=O) groups excluding carboxylic acids is 1. The Balaban J connectivity index is 2.67. The maximum atomic E-state index is 13.3. The molecule has 0 amide bonds. The highest BCUT2D eigenvalue weighted by atomic mass is 19.4. The highest BCUT2D eigenvalue weighted by Gasteiger charge is 2.37. The lowest BCUT2D eigenvalue weighted by Crippen LogP contribution is -2.19. The van der Waals surface area contributed by atoms with Crippen LogP contribution in [0.15, 0.2) is 12.1 Å². The predicted octanol–water partition coefficient (Wildman–Crippen LogP) is 3.36. The SMILES string of the molecule is O=C1CCCc2c(C(F)(F)F)ccc(F)c21. The van der Waals surface area contributed by atoms with Crippen LogP contribution in [0, 0.1) is 5.82 Å². The van der Waals surface area contributed by atoms with E-state index < -0.39 is 23.3 Å². The Hall–Kier alpha value is -1.39. The summed E-state index contributed by atoms with van der Waals surface area (Å²) in [6.45, 7) is 0. The van der Waals surface area contributed by atoms with Gasteiger partial charge in [-0.25, -0.2) is 4.39 Å².